The molecule has 5 heteroatoms. The van der Waals surface area contributed by atoms with E-state index in [-0.39, 0.29) is 6.42 Å². The topological polar surface area (TPSA) is 68.5 Å². The van der Waals surface area contributed by atoms with Crippen molar-refractivity contribution in [3.05, 3.63) is 48.2 Å². The van der Waals surface area contributed by atoms with Gasteiger partial charge in [0.15, 0.2) is 0 Å². The van der Waals surface area contributed by atoms with Crippen molar-refractivity contribution in [1.82, 2.24) is 4.57 Å². The van der Waals surface area contributed by atoms with E-state index < -0.39 is 17.7 Å². The monoisotopic (exact) mass is 301 g/mol. The number of aromatic nitrogens is 1. The summed E-state index contributed by atoms with van der Waals surface area (Å²) in [6, 6.07) is 10.7. The fourth-order valence-electron chi connectivity index (χ4n) is 2.05. The standard InChI is InChI=1S/C17H19NO4/c1-17(2,3)22-16(21)18-10-4-5-14(18)13-8-6-12(7-9-13)11-15(19)20/h4-10H,11H2,1-3H3,(H,19,20). The Balaban J connectivity index is 2.25. The predicted molar refractivity (Wildman–Crippen MR) is 82.8 cm³/mol. The number of carbonyl (C=O) groups is 2. The number of carboxylic acids is 1. The lowest BCUT2D eigenvalue weighted by Crippen LogP contribution is -2.27. The Morgan fingerprint density at radius 1 is 1.14 bits per heavy atom. The van der Waals surface area contributed by atoms with Crippen molar-refractivity contribution in [1.29, 1.82) is 0 Å². The maximum absolute atomic E-state index is 12.2. The summed E-state index contributed by atoms with van der Waals surface area (Å²) >= 11 is 0. The molecule has 0 aliphatic heterocycles. The molecule has 1 aromatic heterocycles. The van der Waals surface area contributed by atoms with Gasteiger partial charge in [-0.2, -0.15) is 0 Å². The average Bonchev–Trinajstić information content (AvgIpc) is 2.86. The molecule has 0 fully saturated rings. The van der Waals surface area contributed by atoms with Crippen LogP contribution in [0, 0.1) is 0 Å². The minimum absolute atomic E-state index is 0.0205. The Morgan fingerprint density at radius 3 is 2.32 bits per heavy atom. The van der Waals surface area contributed by atoms with Crippen LogP contribution in [-0.2, 0) is 16.0 Å². The van der Waals surface area contributed by atoms with Crippen LogP contribution >= 0.6 is 0 Å². The van der Waals surface area contributed by atoms with Gasteiger partial charge in [-0.1, -0.05) is 24.3 Å². The molecule has 1 heterocycles. The van der Waals surface area contributed by atoms with Gasteiger partial charge in [0.2, 0.25) is 0 Å². The number of nitrogens with zero attached hydrogens (tertiary/aromatic N) is 1. The zero-order chi connectivity index (χ0) is 16.3. The summed E-state index contributed by atoms with van der Waals surface area (Å²) in [5.74, 6) is -0.870. The molecule has 0 spiro atoms. The van der Waals surface area contributed by atoms with E-state index >= 15 is 0 Å². The second-order valence-corrected chi connectivity index (χ2v) is 6.01. The van der Waals surface area contributed by atoms with Crippen LogP contribution in [0.15, 0.2) is 42.6 Å². The van der Waals surface area contributed by atoms with E-state index in [1.807, 2.05) is 26.8 Å². The number of hydrogen-bond acceptors (Lipinski definition) is 3. The van der Waals surface area contributed by atoms with E-state index in [9.17, 15) is 9.59 Å². The van der Waals surface area contributed by atoms with Gasteiger partial charge in [-0.25, -0.2) is 4.79 Å². The summed E-state index contributed by atoms with van der Waals surface area (Å²) in [6.07, 6.45) is 1.18. The van der Waals surface area contributed by atoms with Crippen LogP contribution in [0.25, 0.3) is 11.3 Å². The van der Waals surface area contributed by atoms with Gasteiger partial charge >= 0.3 is 12.1 Å². The molecule has 116 valence electrons. The molecule has 1 N–H and O–H groups in total. The van der Waals surface area contributed by atoms with Crippen molar-refractivity contribution < 1.29 is 19.4 Å². The molecule has 2 aromatic rings. The highest BCUT2D eigenvalue weighted by atomic mass is 16.6. The van der Waals surface area contributed by atoms with Gasteiger partial charge in [0.05, 0.1) is 12.1 Å². The second-order valence-electron chi connectivity index (χ2n) is 6.01. The van der Waals surface area contributed by atoms with Gasteiger partial charge in [0, 0.05) is 6.20 Å². The number of rotatable bonds is 3. The van der Waals surface area contributed by atoms with Crippen molar-refractivity contribution in [3.63, 3.8) is 0 Å². The smallest absolute Gasteiger partial charge is 0.418 e. The number of benzene rings is 1. The fourth-order valence-corrected chi connectivity index (χ4v) is 2.05. The van der Waals surface area contributed by atoms with Gasteiger partial charge in [-0.15, -0.1) is 0 Å². The zero-order valence-corrected chi connectivity index (χ0v) is 12.9. The van der Waals surface area contributed by atoms with Gasteiger partial charge in [0.1, 0.15) is 5.60 Å². The molecule has 0 aliphatic carbocycles. The molecule has 1 aromatic carbocycles. The van der Waals surface area contributed by atoms with Crippen LogP contribution in [0.5, 0.6) is 0 Å². The SMILES string of the molecule is CC(C)(C)OC(=O)n1cccc1-c1ccc(CC(=O)O)cc1. The van der Waals surface area contributed by atoms with Gasteiger partial charge < -0.3 is 9.84 Å². The third-order valence-electron chi connectivity index (χ3n) is 2.94. The second kappa shape index (κ2) is 6.05. The molecular formula is C17H19NO4. The lowest BCUT2D eigenvalue weighted by Gasteiger charge is -2.20. The fraction of sp³-hybridized carbons (Fsp3) is 0.294. The minimum Gasteiger partial charge on any atom is -0.481 e. The van der Waals surface area contributed by atoms with Crippen LogP contribution in [-0.4, -0.2) is 27.3 Å². The van der Waals surface area contributed by atoms with Crippen molar-refractivity contribution in [2.75, 3.05) is 0 Å². The molecule has 0 saturated heterocycles. The highest BCUT2D eigenvalue weighted by Crippen LogP contribution is 2.22. The van der Waals surface area contributed by atoms with E-state index in [0.29, 0.717) is 11.3 Å². The maximum atomic E-state index is 12.2. The molecule has 0 saturated carbocycles. The first-order valence-corrected chi connectivity index (χ1v) is 6.98. The van der Waals surface area contributed by atoms with E-state index in [2.05, 4.69) is 0 Å². The highest BCUT2D eigenvalue weighted by molar-refractivity contribution is 5.79. The zero-order valence-electron chi connectivity index (χ0n) is 12.9. The normalized spacial score (nSPS) is 11.2. The van der Waals surface area contributed by atoms with Crippen LogP contribution < -0.4 is 0 Å². The van der Waals surface area contributed by atoms with Gasteiger partial charge in [-0.05, 0) is 44.0 Å². The third kappa shape index (κ3) is 3.97. The number of hydrogen-bond donors (Lipinski definition) is 1. The van der Waals surface area contributed by atoms with Crippen molar-refractivity contribution in [2.24, 2.45) is 0 Å². The summed E-state index contributed by atoms with van der Waals surface area (Å²) < 4.78 is 6.81. The van der Waals surface area contributed by atoms with E-state index in [1.54, 1.807) is 36.5 Å². The Morgan fingerprint density at radius 2 is 1.77 bits per heavy atom. The molecule has 22 heavy (non-hydrogen) atoms. The van der Waals surface area contributed by atoms with Crippen molar-refractivity contribution in [3.8, 4) is 11.3 Å². The molecule has 5 nitrogen and oxygen atoms in total. The summed E-state index contributed by atoms with van der Waals surface area (Å²) in [5.41, 5.74) is 1.68. The third-order valence-corrected chi connectivity index (χ3v) is 2.94. The average molecular weight is 301 g/mol. The number of carboxylic acid groups (broad SMARTS) is 1. The molecule has 0 atom stereocenters. The number of carbonyl (C=O) groups excluding carboxylic acids is 1. The number of ether oxygens (including phenoxy) is 1. The van der Waals surface area contributed by atoms with Gasteiger partial charge in [0.25, 0.3) is 0 Å². The van der Waals surface area contributed by atoms with Crippen LogP contribution in [0.1, 0.15) is 26.3 Å². The summed E-state index contributed by atoms with van der Waals surface area (Å²) in [4.78, 5) is 22.9. The van der Waals surface area contributed by atoms with Crippen molar-refractivity contribution >= 4 is 12.1 Å². The van der Waals surface area contributed by atoms with Crippen LogP contribution in [0.4, 0.5) is 4.79 Å². The summed E-state index contributed by atoms with van der Waals surface area (Å²) in [7, 11) is 0. The van der Waals surface area contributed by atoms with E-state index in [1.165, 1.54) is 4.57 Å². The first-order valence-electron chi connectivity index (χ1n) is 6.98. The Bertz CT molecular complexity index is 677. The molecule has 0 amide bonds. The molecule has 0 bridgehead atoms. The lowest BCUT2D eigenvalue weighted by molar-refractivity contribution is -0.136. The number of aliphatic carboxylic acids is 1. The summed E-state index contributed by atoms with van der Waals surface area (Å²) in [6.45, 7) is 5.44. The Labute approximate surface area is 129 Å². The minimum atomic E-state index is -0.870. The molecule has 2 rings (SSSR count). The van der Waals surface area contributed by atoms with E-state index in [0.717, 1.165) is 5.56 Å². The molecule has 0 unspecified atom stereocenters. The van der Waals surface area contributed by atoms with Crippen LogP contribution in [0.3, 0.4) is 0 Å². The molecular weight excluding hydrogens is 282 g/mol. The first kappa shape index (κ1) is 15.8. The first-order chi connectivity index (χ1) is 10.3. The Kier molecular flexibility index (Phi) is 4.35. The van der Waals surface area contributed by atoms with E-state index in [4.69, 9.17) is 9.84 Å². The van der Waals surface area contributed by atoms with Crippen molar-refractivity contribution in [2.45, 2.75) is 32.8 Å². The predicted octanol–water partition coefficient (Wildman–Crippen LogP) is 3.57. The Hall–Kier alpha value is -2.56. The largest absolute Gasteiger partial charge is 0.481 e. The lowest BCUT2D eigenvalue weighted by atomic mass is 10.1. The highest BCUT2D eigenvalue weighted by Gasteiger charge is 2.19. The molecule has 0 radical (unpaired) electrons. The summed E-state index contributed by atoms with van der Waals surface area (Å²) in [5, 5.41) is 8.78. The van der Waals surface area contributed by atoms with Crippen LogP contribution in [0.2, 0.25) is 0 Å². The quantitative estimate of drug-likeness (QED) is 0.941. The maximum Gasteiger partial charge on any atom is 0.418 e. The molecule has 0 aliphatic rings. The van der Waals surface area contributed by atoms with Gasteiger partial charge in [-0.3, -0.25) is 9.36 Å².